The summed E-state index contributed by atoms with van der Waals surface area (Å²) in [7, 11) is -3.70. The Morgan fingerprint density at radius 3 is 2.52 bits per heavy atom. The molecule has 29 heavy (non-hydrogen) atoms. The third-order valence-corrected chi connectivity index (χ3v) is 6.43. The van der Waals surface area contributed by atoms with Gasteiger partial charge in [0, 0.05) is 28.7 Å². The zero-order valence-electron chi connectivity index (χ0n) is 15.6. The number of aliphatic imine (C=N–C) groups is 1. The molecule has 0 saturated heterocycles. The Hall–Kier alpha value is -2.09. The first-order chi connectivity index (χ1) is 13.8. The molecule has 154 valence electrons. The van der Waals surface area contributed by atoms with Crippen LogP contribution in [0.15, 0.2) is 52.4 Å². The second kappa shape index (κ2) is 9.61. The number of benzene rings is 2. The Balaban J connectivity index is 1.63. The first-order valence-corrected chi connectivity index (χ1v) is 11.5. The molecule has 0 aliphatic carbocycles. The van der Waals surface area contributed by atoms with Gasteiger partial charge < -0.3 is 5.32 Å². The molecule has 0 aromatic heterocycles. The van der Waals surface area contributed by atoms with Crippen LogP contribution >= 0.6 is 23.2 Å². The van der Waals surface area contributed by atoms with Crippen molar-refractivity contribution in [3.8, 4) is 0 Å². The van der Waals surface area contributed by atoms with E-state index in [9.17, 15) is 13.2 Å². The molecule has 2 aromatic rings. The predicted molar refractivity (Wildman–Crippen MR) is 116 cm³/mol. The summed E-state index contributed by atoms with van der Waals surface area (Å²) in [4.78, 5) is 16.7. The van der Waals surface area contributed by atoms with Crippen molar-refractivity contribution in [2.24, 2.45) is 4.99 Å². The minimum Gasteiger partial charge on any atom is -0.326 e. The monoisotopic (exact) mass is 453 g/mol. The highest BCUT2D eigenvalue weighted by atomic mass is 35.5. The fourth-order valence-corrected chi connectivity index (χ4v) is 4.50. The van der Waals surface area contributed by atoms with E-state index in [1.165, 1.54) is 12.1 Å². The van der Waals surface area contributed by atoms with E-state index < -0.39 is 10.0 Å². The summed E-state index contributed by atoms with van der Waals surface area (Å²) in [5.41, 5.74) is 1.15. The summed E-state index contributed by atoms with van der Waals surface area (Å²) in [6.07, 6.45) is 3.65. The van der Waals surface area contributed by atoms with E-state index in [2.05, 4.69) is 15.0 Å². The smallest absolute Gasteiger partial charge is 0.262 e. The average Bonchev–Trinajstić information content (AvgIpc) is 2.92. The van der Waals surface area contributed by atoms with Gasteiger partial charge >= 0.3 is 0 Å². The largest absolute Gasteiger partial charge is 0.326 e. The lowest BCUT2D eigenvalue weighted by Crippen LogP contribution is -2.30. The SMILES string of the molecule is O=C(Cc1ccc(Cl)cc1Cl)Nc1ccc(S(=O)(=O)NC2=NCCCCC2)cc1. The lowest BCUT2D eigenvalue weighted by molar-refractivity contribution is -0.115. The number of hydrogen-bond donors (Lipinski definition) is 2. The van der Waals surface area contributed by atoms with Crippen LogP contribution < -0.4 is 10.0 Å². The number of carbonyl (C=O) groups excluding carboxylic acids is 1. The molecule has 1 aliphatic heterocycles. The topological polar surface area (TPSA) is 87.6 Å². The Morgan fingerprint density at radius 2 is 1.79 bits per heavy atom. The summed E-state index contributed by atoms with van der Waals surface area (Å²) in [6.45, 7) is 0.639. The second-order valence-electron chi connectivity index (χ2n) is 6.73. The van der Waals surface area contributed by atoms with Crippen LogP contribution in [-0.2, 0) is 21.2 Å². The van der Waals surface area contributed by atoms with Crippen LogP contribution in [0, 0.1) is 0 Å². The predicted octanol–water partition coefficient (Wildman–Crippen LogP) is 4.43. The number of nitrogens with zero attached hydrogens (tertiary/aromatic N) is 1. The molecule has 1 heterocycles. The van der Waals surface area contributed by atoms with Crippen molar-refractivity contribution in [2.75, 3.05) is 11.9 Å². The molecule has 0 saturated carbocycles. The van der Waals surface area contributed by atoms with Crippen molar-refractivity contribution >= 4 is 50.7 Å². The minimum absolute atomic E-state index is 0.0808. The van der Waals surface area contributed by atoms with Gasteiger partial charge in [-0.2, -0.15) is 0 Å². The van der Waals surface area contributed by atoms with Crippen molar-refractivity contribution in [3.63, 3.8) is 0 Å². The number of halogens is 2. The molecule has 0 bridgehead atoms. The van der Waals surface area contributed by atoms with E-state index in [0.717, 1.165) is 19.3 Å². The van der Waals surface area contributed by atoms with Gasteiger partial charge in [0.25, 0.3) is 10.0 Å². The van der Waals surface area contributed by atoms with E-state index in [1.807, 2.05) is 0 Å². The molecule has 0 atom stereocenters. The van der Waals surface area contributed by atoms with E-state index in [0.29, 0.717) is 40.1 Å². The minimum atomic E-state index is -3.70. The molecule has 0 spiro atoms. The summed E-state index contributed by atoms with van der Waals surface area (Å²) in [5.74, 6) is 0.232. The van der Waals surface area contributed by atoms with Crippen LogP contribution in [0.4, 0.5) is 5.69 Å². The maximum absolute atomic E-state index is 12.5. The summed E-state index contributed by atoms with van der Waals surface area (Å²) in [6, 6.07) is 10.9. The first kappa shape index (κ1) is 21.6. The van der Waals surface area contributed by atoms with Crippen LogP contribution in [0.25, 0.3) is 0 Å². The number of carbonyl (C=O) groups is 1. The van der Waals surface area contributed by atoms with E-state index in [4.69, 9.17) is 23.2 Å². The molecule has 0 unspecified atom stereocenters. The highest BCUT2D eigenvalue weighted by molar-refractivity contribution is 7.90. The van der Waals surface area contributed by atoms with Gasteiger partial charge in [0.05, 0.1) is 11.3 Å². The maximum atomic E-state index is 12.5. The molecule has 2 N–H and O–H groups in total. The third-order valence-electron chi connectivity index (χ3n) is 4.44. The molecule has 1 amide bonds. The van der Waals surface area contributed by atoms with Gasteiger partial charge in [-0.05, 0) is 54.8 Å². The summed E-state index contributed by atoms with van der Waals surface area (Å²) < 4.78 is 27.7. The summed E-state index contributed by atoms with van der Waals surface area (Å²) in [5, 5.41) is 3.65. The Labute approximate surface area is 180 Å². The van der Waals surface area contributed by atoms with Gasteiger partial charge in [0.2, 0.25) is 5.91 Å². The van der Waals surface area contributed by atoms with Gasteiger partial charge in [-0.3, -0.25) is 14.5 Å². The summed E-state index contributed by atoms with van der Waals surface area (Å²) >= 11 is 11.9. The van der Waals surface area contributed by atoms with Crippen LogP contribution in [0.5, 0.6) is 0 Å². The fraction of sp³-hybridized carbons (Fsp3) is 0.300. The van der Waals surface area contributed by atoms with Crippen molar-refractivity contribution in [1.82, 2.24) is 4.72 Å². The van der Waals surface area contributed by atoms with Gasteiger partial charge in [-0.25, -0.2) is 8.42 Å². The molecule has 3 rings (SSSR count). The van der Waals surface area contributed by atoms with Gasteiger partial charge in [-0.1, -0.05) is 35.7 Å². The number of hydrogen-bond acceptors (Lipinski definition) is 4. The third kappa shape index (κ3) is 6.19. The highest BCUT2D eigenvalue weighted by Gasteiger charge is 2.17. The molecule has 1 aliphatic rings. The van der Waals surface area contributed by atoms with Crippen LogP contribution in [0.2, 0.25) is 10.0 Å². The quantitative estimate of drug-likeness (QED) is 0.701. The van der Waals surface area contributed by atoms with Crippen LogP contribution in [0.3, 0.4) is 0 Å². The van der Waals surface area contributed by atoms with Gasteiger partial charge in [-0.15, -0.1) is 0 Å². The lowest BCUT2D eigenvalue weighted by atomic mass is 10.1. The van der Waals surface area contributed by atoms with Gasteiger partial charge in [0.15, 0.2) is 0 Å². The number of nitrogens with one attached hydrogen (secondary N) is 2. The number of amidine groups is 1. The van der Waals surface area contributed by atoms with Crippen molar-refractivity contribution in [1.29, 1.82) is 0 Å². The van der Waals surface area contributed by atoms with Crippen molar-refractivity contribution < 1.29 is 13.2 Å². The standard InChI is InChI=1S/C20H21Cl2N3O3S/c21-15-6-5-14(18(22)13-15)12-20(26)24-16-7-9-17(10-8-16)29(27,28)25-19-4-2-1-3-11-23-19/h5-10,13H,1-4,11-12H2,(H,23,25)(H,24,26). The van der Waals surface area contributed by atoms with E-state index in [1.54, 1.807) is 30.3 Å². The normalized spacial score (nSPS) is 14.6. The molecule has 9 heteroatoms. The van der Waals surface area contributed by atoms with Crippen molar-refractivity contribution in [3.05, 3.63) is 58.1 Å². The van der Waals surface area contributed by atoms with Crippen molar-refractivity contribution in [2.45, 2.75) is 37.0 Å². The van der Waals surface area contributed by atoms with E-state index >= 15 is 0 Å². The molecular weight excluding hydrogens is 433 g/mol. The van der Waals surface area contributed by atoms with E-state index in [-0.39, 0.29) is 17.2 Å². The number of sulfonamides is 1. The molecule has 0 fully saturated rings. The fourth-order valence-electron chi connectivity index (χ4n) is 2.93. The number of amides is 1. The second-order valence-corrected chi connectivity index (χ2v) is 9.26. The Kier molecular flexibility index (Phi) is 7.16. The number of rotatable bonds is 5. The van der Waals surface area contributed by atoms with Crippen LogP contribution in [0.1, 0.15) is 31.2 Å². The number of anilines is 1. The highest BCUT2D eigenvalue weighted by Crippen LogP contribution is 2.22. The Bertz CT molecular complexity index is 1020. The molecule has 0 radical (unpaired) electrons. The zero-order valence-corrected chi connectivity index (χ0v) is 17.9. The zero-order chi connectivity index (χ0) is 20.9. The lowest BCUT2D eigenvalue weighted by Gasteiger charge is -2.11. The maximum Gasteiger partial charge on any atom is 0.262 e. The first-order valence-electron chi connectivity index (χ1n) is 9.23. The van der Waals surface area contributed by atoms with Gasteiger partial charge in [0.1, 0.15) is 5.84 Å². The Morgan fingerprint density at radius 1 is 1.03 bits per heavy atom. The average molecular weight is 454 g/mol. The van der Waals surface area contributed by atoms with Crippen LogP contribution in [-0.4, -0.2) is 26.7 Å². The molecule has 6 nitrogen and oxygen atoms in total. The molecular formula is C20H21Cl2N3O3S. The molecule has 2 aromatic carbocycles.